The highest BCUT2D eigenvalue weighted by molar-refractivity contribution is 5.34. The van der Waals surface area contributed by atoms with E-state index in [0.29, 0.717) is 35.8 Å². The summed E-state index contributed by atoms with van der Waals surface area (Å²) in [7, 11) is 0. The minimum atomic E-state index is -0.487. The van der Waals surface area contributed by atoms with E-state index in [1.807, 2.05) is 0 Å². The van der Waals surface area contributed by atoms with Crippen molar-refractivity contribution in [1.29, 1.82) is 0 Å². The molecule has 4 saturated carbocycles. The van der Waals surface area contributed by atoms with E-state index in [1.54, 1.807) is 0 Å². The highest BCUT2D eigenvalue weighted by atomic mass is 16.3. The molecule has 3 heteroatoms. The average molecular weight is 317 g/mol. The van der Waals surface area contributed by atoms with Crippen molar-refractivity contribution in [2.75, 3.05) is 0 Å². The van der Waals surface area contributed by atoms with Gasteiger partial charge in [0.25, 0.3) is 0 Å². The molecule has 1 spiro atoms. The summed E-state index contributed by atoms with van der Waals surface area (Å²) in [5.41, 5.74) is -0.557. The van der Waals surface area contributed by atoms with E-state index < -0.39 is 5.60 Å². The van der Waals surface area contributed by atoms with Crippen LogP contribution in [0.5, 0.6) is 0 Å². The lowest BCUT2D eigenvalue weighted by Gasteiger charge is -2.61. The van der Waals surface area contributed by atoms with E-state index in [2.05, 4.69) is 11.8 Å². The summed E-state index contributed by atoms with van der Waals surface area (Å²) in [4.78, 5) is 2.78. The molecule has 3 heterocycles. The number of fused-ring (bicyclic) bond motifs is 1. The van der Waals surface area contributed by atoms with Crippen LogP contribution in [-0.2, 0) is 0 Å². The molecule has 0 aromatic heterocycles. The molecule has 7 aliphatic rings. The molecule has 23 heavy (non-hydrogen) atoms. The number of piperidine rings is 2. The highest BCUT2D eigenvalue weighted by Crippen LogP contribution is 2.75. The summed E-state index contributed by atoms with van der Waals surface area (Å²) >= 11 is 0. The number of aliphatic hydroxyl groups excluding tert-OH is 1. The van der Waals surface area contributed by atoms with E-state index in [1.165, 1.54) is 44.9 Å². The van der Waals surface area contributed by atoms with Gasteiger partial charge in [0, 0.05) is 18.0 Å². The zero-order valence-electron chi connectivity index (χ0n) is 14.3. The molecule has 1 unspecified atom stereocenters. The monoisotopic (exact) mass is 317 g/mol. The SMILES string of the molecule is C[C@H]1CC[C@H]2[C@@H]3C[C@H]4C[C@]2(O)[C@@]2(C[C@@H](O)[C@@H]5CCCC[C@H]5[C@H]42)N13. The second-order valence-electron chi connectivity index (χ2n) is 9.97. The first kappa shape index (κ1) is 14.1. The fraction of sp³-hybridized carbons (Fsp3) is 1.00. The van der Waals surface area contributed by atoms with E-state index in [0.717, 1.165) is 18.8 Å². The molecule has 4 aliphatic carbocycles. The van der Waals surface area contributed by atoms with Crippen molar-refractivity contribution < 1.29 is 10.2 Å². The standard InChI is InChI=1S/C20H31NO2/c1-11-6-7-15-16-8-12-9-20(15,23)19(21(11)16)10-17(22)13-4-2-3-5-14(13)18(12)19/h11-18,22-23H,2-10H2,1H3/t11-,12-,13+,14+,15-,16-,17+,18-,19-,20+/m0/s1. The van der Waals surface area contributed by atoms with Crippen molar-refractivity contribution in [2.24, 2.45) is 29.6 Å². The van der Waals surface area contributed by atoms with Crippen molar-refractivity contribution in [3.05, 3.63) is 0 Å². The molecule has 6 bridgehead atoms. The maximum atomic E-state index is 12.0. The van der Waals surface area contributed by atoms with Gasteiger partial charge in [0.05, 0.1) is 17.2 Å². The molecule has 0 amide bonds. The molecule has 3 saturated heterocycles. The topological polar surface area (TPSA) is 43.7 Å². The third kappa shape index (κ3) is 1.32. The van der Waals surface area contributed by atoms with Gasteiger partial charge >= 0.3 is 0 Å². The van der Waals surface area contributed by atoms with Gasteiger partial charge in [-0.15, -0.1) is 0 Å². The largest absolute Gasteiger partial charge is 0.393 e. The summed E-state index contributed by atoms with van der Waals surface area (Å²) < 4.78 is 0. The third-order valence-electron chi connectivity index (χ3n) is 9.54. The molecule has 7 fully saturated rings. The van der Waals surface area contributed by atoms with Gasteiger partial charge in [0.15, 0.2) is 0 Å². The maximum absolute atomic E-state index is 12.0. The predicted octanol–water partition coefficient (Wildman–Crippen LogP) is 2.55. The molecular weight excluding hydrogens is 286 g/mol. The fourth-order valence-electron chi connectivity index (χ4n) is 9.29. The summed E-state index contributed by atoms with van der Waals surface area (Å²) in [6, 6.07) is 1.21. The summed E-state index contributed by atoms with van der Waals surface area (Å²) in [6.45, 7) is 2.39. The lowest BCUT2D eigenvalue weighted by Crippen LogP contribution is -2.69. The van der Waals surface area contributed by atoms with Crippen molar-refractivity contribution in [1.82, 2.24) is 4.90 Å². The number of aliphatic hydroxyl groups is 2. The molecule has 0 aromatic rings. The molecule has 3 aliphatic heterocycles. The van der Waals surface area contributed by atoms with Crippen LogP contribution in [0.15, 0.2) is 0 Å². The second-order valence-corrected chi connectivity index (χ2v) is 9.97. The zero-order valence-corrected chi connectivity index (χ0v) is 14.3. The maximum Gasteiger partial charge on any atom is 0.0880 e. The average Bonchev–Trinajstić information content (AvgIpc) is 2.75. The van der Waals surface area contributed by atoms with Crippen LogP contribution in [0.2, 0.25) is 0 Å². The molecular formula is C20H31NO2. The third-order valence-corrected chi connectivity index (χ3v) is 9.54. The van der Waals surface area contributed by atoms with Gasteiger partial charge in [-0.2, -0.15) is 0 Å². The zero-order chi connectivity index (χ0) is 15.6. The van der Waals surface area contributed by atoms with Crippen LogP contribution in [0.25, 0.3) is 0 Å². The van der Waals surface area contributed by atoms with E-state index in [4.69, 9.17) is 0 Å². The van der Waals surface area contributed by atoms with Crippen molar-refractivity contribution in [3.8, 4) is 0 Å². The Morgan fingerprint density at radius 3 is 2.61 bits per heavy atom. The van der Waals surface area contributed by atoms with Crippen LogP contribution < -0.4 is 0 Å². The summed E-state index contributed by atoms with van der Waals surface area (Å²) in [5, 5.41) is 23.0. The summed E-state index contributed by atoms with van der Waals surface area (Å²) in [6.07, 6.45) is 10.7. The number of nitrogens with zero attached hydrogens (tertiary/aromatic N) is 1. The molecule has 0 radical (unpaired) electrons. The molecule has 128 valence electrons. The normalized spacial score (nSPS) is 68.7. The smallest absolute Gasteiger partial charge is 0.0880 e. The Balaban J connectivity index is 1.54. The van der Waals surface area contributed by atoms with E-state index in [9.17, 15) is 10.2 Å². The Kier molecular flexibility index (Phi) is 2.55. The van der Waals surface area contributed by atoms with Gasteiger partial charge in [-0.25, -0.2) is 0 Å². The number of rotatable bonds is 0. The predicted molar refractivity (Wildman–Crippen MR) is 87.8 cm³/mol. The molecule has 11 atom stereocenters. The first-order valence-electron chi connectivity index (χ1n) is 10.3. The van der Waals surface area contributed by atoms with Crippen molar-refractivity contribution in [3.63, 3.8) is 0 Å². The van der Waals surface area contributed by atoms with Crippen LogP contribution in [0.1, 0.15) is 64.7 Å². The lowest BCUT2D eigenvalue weighted by molar-refractivity contribution is -0.171. The van der Waals surface area contributed by atoms with Crippen LogP contribution in [0, 0.1) is 29.6 Å². The Morgan fingerprint density at radius 2 is 1.78 bits per heavy atom. The first-order valence-corrected chi connectivity index (χ1v) is 10.3. The minimum Gasteiger partial charge on any atom is -0.393 e. The quantitative estimate of drug-likeness (QED) is 0.722. The Bertz CT molecular complexity index is 552. The van der Waals surface area contributed by atoms with Gasteiger partial charge in [-0.05, 0) is 75.5 Å². The van der Waals surface area contributed by atoms with Crippen LogP contribution in [0.4, 0.5) is 0 Å². The Morgan fingerprint density at radius 1 is 1.00 bits per heavy atom. The highest BCUT2D eigenvalue weighted by Gasteiger charge is 2.82. The first-order chi connectivity index (χ1) is 11.1. The molecule has 2 N–H and O–H groups in total. The molecule has 3 nitrogen and oxygen atoms in total. The molecule has 7 rings (SSSR count). The fourth-order valence-corrected chi connectivity index (χ4v) is 9.29. The van der Waals surface area contributed by atoms with Gasteiger partial charge in [-0.1, -0.05) is 12.8 Å². The Labute approximate surface area is 139 Å². The van der Waals surface area contributed by atoms with Crippen molar-refractivity contribution >= 4 is 0 Å². The second kappa shape index (κ2) is 4.16. The minimum absolute atomic E-state index is 0.0703. The van der Waals surface area contributed by atoms with Crippen molar-refractivity contribution in [2.45, 2.75) is 94.0 Å². The van der Waals surface area contributed by atoms with Crippen LogP contribution >= 0.6 is 0 Å². The van der Waals surface area contributed by atoms with Gasteiger partial charge in [-0.3, -0.25) is 4.90 Å². The Hall–Kier alpha value is -0.120. The van der Waals surface area contributed by atoms with Crippen LogP contribution in [-0.4, -0.2) is 44.4 Å². The van der Waals surface area contributed by atoms with E-state index >= 15 is 0 Å². The number of hydrogen-bond donors (Lipinski definition) is 2. The summed E-state index contributed by atoms with van der Waals surface area (Å²) in [5.74, 6) is 3.10. The van der Waals surface area contributed by atoms with Gasteiger partial charge in [0.2, 0.25) is 0 Å². The number of hydrogen-bond acceptors (Lipinski definition) is 3. The van der Waals surface area contributed by atoms with Gasteiger partial charge in [0.1, 0.15) is 0 Å². The van der Waals surface area contributed by atoms with Gasteiger partial charge < -0.3 is 10.2 Å². The van der Waals surface area contributed by atoms with Crippen LogP contribution in [0.3, 0.4) is 0 Å². The lowest BCUT2D eigenvalue weighted by atomic mass is 9.54. The van der Waals surface area contributed by atoms with E-state index in [-0.39, 0.29) is 11.6 Å². The molecule has 0 aromatic carbocycles.